The Morgan fingerprint density at radius 2 is 2.07 bits per heavy atom. The average Bonchev–Trinajstić information content (AvgIpc) is 2.23. The van der Waals surface area contributed by atoms with Crippen molar-refractivity contribution in [3.05, 3.63) is 27.7 Å². The molecule has 0 saturated heterocycles. The van der Waals surface area contributed by atoms with Gasteiger partial charge in [0, 0.05) is 4.47 Å². The van der Waals surface area contributed by atoms with Gasteiger partial charge < -0.3 is 4.74 Å². The van der Waals surface area contributed by atoms with Crippen LogP contribution in [0, 0.1) is 0 Å². The van der Waals surface area contributed by atoms with Crippen LogP contribution in [-0.2, 0) is 0 Å². The van der Waals surface area contributed by atoms with Crippen LogP contribution in [0.3, 0.4) is 0 Å². The van der Waals surface area contributed by atoms with Crippen molar-refractivity contribution in [2.75, 3.05) is 6.61 Å². The topological polar surface area (TPSA) is 9.23 Å². The average molecular weight is 292 g/mol. The molecule has 0 heterocycles. The highest BCUT2D eigenvalue weighted by atomic mass is 79.9. The van der Waals surface area contributed by atoms with E-state index in [9.17, 15) is 0 Å². The number of benzene rings is 1. The number of ether oxygens (including phenoxy) is 1. The van der Waals surface area contributed by atoms with Crippen molar-refractivity contribution in [2.24, 2.45) is 0 Å². The zero-order valence-corrected chi connectivity index (χ0v) is 11.3. The molecule has 0 N–H and O–H groups in total. The van der Waals surface area contributed by atoms with Crippen molar-refractivity contribution in [3.8, 4) is 5.75 Å². The lowest BCUT2D eigenvalue weighted by Gasteiger charge is -2.07. The van der Waals surface area contributed by atoms with Gasteiger partial charge in [-0.3, -0.25) is 0 Å². The molecule has 1 aromatic rings. The minimum atomic E-state index is 0.675. The number of unbranched alkanes of at least 4 members (excludes halogenated alkanes) is 3. The normalized spacial score (nSPS) is 10.3. The van der Waals surface area contributed by atoms with Gasteiger partial charge in [0.1, 0.15) is 5.75 Å². The lowest BCUT2D eigenvalue weighted by molar-refractivity contribution is 0.305. The molecule has 0 unspecified atom stereocenters. The molecule has 15 heavy (non-hydrogen) atoms. The number of hydrogen-bond acceptors (Lipinski definition) is 1. The molecule has 0 atom stereocenters. The fraction of sp³-hybridized carbons (Fsp3) is 0.500. The second kappa shape index (κ2) is 7.13. The fourth-order valence-corrected chi connectivity index (χ4v) is 1.81. The first-order valence-corrected chi connectivity index (χ1v) is 6.49. The van der Waals surface area contributed by atoms with Gasteiger partial charge in [0.15, 0.2) is 0 Å². The van der Waals surface area contributed by atoms with E-state index in [4.69, 9.17) is 16.3 Å². The molecule has 0 radical (unpaired) electrons. The second-order valence-corrected chi connectivity index (χ2v) is 4.81. The molecular formula is C12H16BrClO. The molecule has 1 aromatic carbocycles. The number of rotatable bonds is 6. The quantitative estimate of drug-likeness (QED) is 0.666. The molecule has 1 nitrogen and oxygen atoms in total. The van der Waals surface area contributed by atoms with Gasteiger partial charge >= 0.3 is 0 Å². The first kappa shape index (κ1) is 12.9. The van der Waals surface area contributed by atoms with E-state index in [-0.39, 0.29) is 0 Å². The second-order valence-electron chi connectivity index (χ2n) is 3.48. The van der Waals surface area contributed by atoms with Crippen molar-refractivity contribution in [2.45, 2.75) is 32.6 Å². The monoisotopic (exact) mass is 290 g/mol. The third-order valence-corrected chi connectivity index (χ3v) is 2.95. The summed E-state index contributed by atoms with van der Waals surface area (Å²) < 4.78 is 6.60. The zero-order chi connectivity index (χ0) is 11.1. The van der Waals surface area contributed by atoms with Crippen molar-refractivity contribution >= 4 is 27.5 Å². The van der Waals surface area contributed by atoms with Crippen LogP contribution in [0.2, 0.25) is 5.02 Å². The highest BCUT2D eigenvalue weighted by Gasteiger charge is 2.01. The molecule has 0 spiro atoms. The molecule has 84 valence electrons. The van der Waals surface area contributed by atoms with E-state index in [1.54, 1.807) is 0 Å². The predicted octanol–water partition coefficient (Wildman–Crippen LogP) is 5.06. The predicted molar refractivity (Wildman–Crippen MR) is 68.8 cm³/mol. The van der Waals surface area contributed by atoms with Crippen LogP contribution >= 0.6 is 27.5 Å². The van der Waals surface area contributed by atoms with Gasteiger partial charge in [-0.25, -0.2) is 0 Å². The summed E-state index contributed by atoms with van der Waals surface area (Å²) in [6.07, 6.45) is 4.84. The van der Waals surface area contributed by atoms with Gasteiger partial charge in [-0.2, -0.15) is 0 Å². The summed E-state index contributed by atoms with van der Waals surface area (Å²) in [7, 11) is 0. The van der Waals surface area contributed by atoms with Crippen LogP contribution in [0.15, 0.2) is 22.7 Å². The standard InChI is InChI=1S/C12H16BrClO/c1-2-3-4-5-8-15-12-9-10(13)6-7-11(12)14/h6-7,9H,2-5,8H2,1H3. The van der Waals surface area contributed by atoms with Crippen molar-refractivity contribution in [1.82, 2.24) is 0 Å². The molecule has 3 heteroatoms. The summed E-state index contributed by atoms with van der Waals surface area (Å²) in [5.41, 5.74) is 0. The molecule has 0 fully saturated rings. The molecule has 0 aliphatic heterocycles. The van der Waals surface area contributed by atoms with Crippen LogP contribution in [0.5, 0.6) is 5.75 Å². The van der Waals surface area contributed by atoms with Crippen molar-refractivity contribution in [1.29, 1.82) is 0 Å². The smallest absolute Gasteiger partial charge is 0.139 e. The molecule has 0 bridgehead atoms. The molecule has 0 saturated carbocycles. The van der Waals surface area contributed by atoms with Crippen LogP contribution in [0.1, 0.15) is 32.6 Å². The summed E-state index contributed by atoms with van der Waals surface area (Å²) in [6, 6.07) is 5.65. The molecular weight excluding hydrogens is 275 g/mol. The van der Waals surface area contributed by atoms with Gasteiger partial charge in [0.25, 0.3) is 0 Å². The van der Waals surface area contributed by atoms with Gasteiger partial charge in [0.2, 0.25) is 0 Å². The molecule has 0 amide bonds. The third kappa shape index (κ3) is 4.89. The van der Waals surface area contributed by atoms with E-state index in [1.165, 1.54) is 19.3 Å². The number of halogens is 2. The van der Waals surface area contributed by atoms with Crippen LogP contribution in [0.4, 0.5) is 0 Å². The van der Waals surface area contributed by atoms with E-state index >= 15 is 0 Å². The van der Waals surface area contributed by atoms with E-state index in [0.29, 0.717) is 5.02 Å². The molecule has 0 aromatic heterocycles. The highest BCUT2D eigenvalue weighted by Crippen LogP contribution is 2.27. The fourth-order valence-electron chi connectivity index (χ4n) is 1.30. The van der Waals surface area contributed by atoms with Crippen molar-refractivity contribution in [3.63, 3.8) is 0 Å². The molecule has 0 aliphatic carbocycles. The number of hydrogen-bond donors (Lipinski definition) is 0. The van der Waals surface area contributed by atoms with Gasteiger partial charge in [-0.1, -0.05) is 53.7 Å². The van der Waals surface area contributed by atoms with Gasteiger partial charge in [-0.05, 0) is 24.6 Å². The summed E-state index contributed by atoms with van der Waals surface area (Å²) >= 11 is 9.38. The van der Waals surface area contributed by atoms with E-state index < -0.39 is 0 Å². The Morgan fingerprint density at radius 1 is 1.27 bits per heavy atom. The van der Waals surface area contributed by atoms with Gasteiger partial charge in [-0.15, -0.1) is 0 Å². The first-order valence-electron chi connectivity index (χ1n) is 5.32. The van der Waals surface area contributed by atoms with Crippen LogP contribution in [-0.4, -0.2) is 6.61 Å². The van der Waals surface area contributed by atoms with E-state index in [2.05, 4.69) is 22.9 Å². The Hall–Kier alpha value is -0.210. The van der Waals surface area contributed by atoms with Crippen LogP contribution in [0.25, 0.3) is 0 Å². The Kier molecular flexibility index (Phi) is 6.11. The van der Waals surface area contributed by atoms with E-state index in [1.807, 2.05) is 18.2 Å². The first-order chi connectivity index (χ1) is 7.24. The minimum Gasteiger partial charge on any atom is -0.492 e. The Labute approximate surface area is 105 Å². The Bertz CT molecular complexity index is 302. The largest absolute Gasteiger partial charge is 0.492 e. The lowest BCUT2D eigenvalue weighted by atomic mass is 10.2. The third-order valence-electron chi connectivity index (χ3n) is 2.15. The van der Waals surface area contributed by atoms with E-state index in [0.717, 1.165) is 23.2 Å². The van der Waals surface area contributed by atoms with Gasteiger partial charge in [0.05, 0.1) is 11.6 Å². The maximum atomic E-state index is 5.99. The van der Waals surface area contributed by atoms with Crippen LogP contribution < -0.4 is 4.74 Å². The zero-order valence-electron chi connectivity index (χ0n) is 8.93. The maximum absolute atomic E-state index is 5.99. The van der Waals surface area contributed by atoms with Crippen molar-refractivity contribution < 1.29 is 4.74 Å². The summed E-state index contributed by atoms with van der Waals surface area (Å²) in [5.74, 6) is 0.766. The lowest BCUT2D eigenvalue weighted by Crippen LogP contribution is -1.97. The molecule has 1 rings (SSSR count). The maximum Gasteiger partial charge on any atom is 0.139 e. The summed E-state index contributed by atoms with van der Waals surface area (Å²) in [4.78, 5) is 0. The summed E-state index contributed by atoms with van der Waals surface area (Å²) in [6.45, 7) is 2.95. The summed E-state index contributed by atoms with van der Waals surface area (Å²) in [5, 5.41) is 0.675. The highest BCUT2D eigenvalue weighted by molar-refractivity contribution is 9.10. The minimum absolute atomic E-state index is 0.675. The Morgan fingerprint density at radius 3 is 2.80 bits per heavy atom. The SMILES string of the molecule is CCCCCCOc1cc(Br)ccc1Cl. The Balaban J connectivity index is 2.33. The molecule has 0 aliphatic rings.